The molecule has 8 heteroatoms. The molecule has 0 aliphatic heterocycles. The van der Waals surface area contributed by atoms with E-state index < -0.39 is 11.0 Å². The number of halogens is 1. The number of anilines is 2. The van der Waals surface area contributed by atoms with Crippen molar-refractivity contribution in [2.45, 2.75) is 56.9 Å². The molecule has 1 unspecified atom stereocenters. The Labute approximate surface area is 201 Å². The van der Waals surface area contributed by atoms with E-state index in [9.17, 15) is 4.21 Å². The molecule has 1 aliphatic rings. The van der Waals surface area contributed by atoms with Crippen LogP contribution in [0.2, 0.25) is 5.02 Å². The van der Waals surface area contributed by atoms with Crippen LogP contribution in [0.3, 0.4) is 0 Å². The number of methoxy groups -OCH3 is 1. The summed E-state index contributed by atoms with van der Waals surface area (Å²) in [4.78, 5) is 6.41. The summed E-state index contributed by atoms with van der Waals surface area (Å²) in [7, 11) is 0.0707. The number of nitrogens with zero attached hydrogens (tertiary/aromatic N) is 1. The second kappa shape index (κ2) is 10.2. The molecule has 1 aliphatic carbocycles. The van der Waals surface area contributed by atoms with Crippen LogP contribution in [-0.4, -0.2) is 22.3 Å². The first-order chi connectivity index (χ1) is 15.4. The van der Waals surface area contributed by atoms with Crippen molar-refractivity contribution < 1.29 is 8.95 Å². The van der Waals surface area contributed by atoms with E-state index in [4.69, 9.17) is 21.3 Å². The number of hydrogen-bond donors (Lipinski definition) is 2. The van der Waals surface area contributed by atoms with E-state index in [0.717, 1.165) is 26.8 Å². The summed E-state index contributed by atoms with van der Waals surface area (Å²) < 4.78 is 21.7. The van der Waals surface area contributed by atoms with Gasteiger partial charge in [0.15, 0.2) is 16.1 Å². The predicted octanol–water partition coefficient (Wildman–Crippen LogP) is 6.97. The van der Waals surface area contributed by atoms with Crippen LogP contribution in [-0.2, 0) is 11.0 Å². The van der Waals surface area contributed by atoms with Crippen molar-refractivity contribution in [3.05, 3.63) is 52.7 Å². The maximum atomic E-state index is 13.2. The van der Waals surface area contributed by atoms with Gasteiger partial charge in [-0.25, -0.2) is 9.19 Å². The topological polar surface area (TPSA) is 63.2 Å². The van der Waals surface area contributed by atoms with Gasteiger partial charge >= 0.3 is 0 Å². The van der Waals surface area contributed by atoms with Crippen LogP contribution in [0.4, 0.5) is 10.8 Å². The molecule has 1 atom stereocenters. The Morgan fingerprint density at radius 1 is 1.12 bits per heavy atom. The van der Waals surface area contributed by atoms with Gasteiger partial charge in [0.05, 0.1) is 17.7 Å². The van der Waals surface area contributed by atoms with Gasteiger partial charge in [0.1, 0.15) is 10.6 Å². The highest BCUT2D eigenvalue weighted by molar-refractivity contribution is 7.86. The Balaban J connectivity index is 1.58. The second-order valence-electron chi connectivity index (χ2n) is 8.11. The zero-order chi connectivity index (χ0) is 22.7. The summed E-state index contributed by atoms with van der Waals surface area (Å²) in [5.41, 5.74) is 3.61. The Bertz CT molecular complexity index is 1130. The lowest BCUT2D eigenvalue weighted by atomic mass is 9.96. The highest BCUT2D eigenvalue weighted by Gasteiger charge is 2.19. The van der Waals surface area contributed by atoms with Gasteiger partial charge in [-0.05, 0) is 68.1 Å². The largest absolute Gasteiger partial charge is 0.495 e. The van der Waals surface area contributed by atoms with E-state index in [-0.39, 0.29) is 0 Å². The lowest BCUT2D eigenvalue weighted by molar-refractivity contribution is 0.404. The van der Waals surface area contributed by atoms with E-state index in [2.05, 4.69) is 10.0 Å². The van der Waals surface area contributed by atoms with Crippen molar-refractivity contribution in [1.29, 1.82) is 0 Å². The first-order valence-corrected chi connectivity index (χ1v) is 13.2. The molecule has 0 amide bonds. The molecule has 3 aromatic rings. The quantitative estimate of drug-likeness (QED) is 0.376. The van der Waals surface area contributed by atoms with Crippen molar-refractivity contribution in [3.8, 4) is 16.2 Å². The number of rotatable bonds is 7. The van der Waals surface area contributed by atoms with Crippen LogP contribution in [0.5, 0.6) is 5.75 Å². The van der Waals surface area contributed by atoms with E-state index in [0.29, 0.717) is 27.4 Å². The molecule has 170 valence electrons. The number of benzene rings is 2. The van der Waals surface area contributed by atoms with E-state index in [1.54, 1.807) is 24.5 Å². The van der Waals surface area contributed by atoms with Gasteiger partial charge in [-0.2, -0.15) is 0 Å². The SMILES string of the molecule is COc1ccc(-c2sc(NC3CCCCC3)nc2C)cc1S(=O)Nc1ccc(C)c(Cl)c1. The molecule has 4 rings (SSSR count). The van der Waals surface area contributed by atoms with Gasteiger partial charge in [0.2, 0.25) is 0 Å². The summed E-state index contributed by atoms with van der Waals surface area (Å²) in [6.45, 7) is 3.95. The molecule has 0 saturated heterocycles. The molecule has 2 aromatic carbocycles. The molecule has 1 saturated carbocycles. The average Bonchev–Trinajstić information content (AvgIpc) is 3.16. The number of aromatic nitrogens is 1. The van der Waals surface area contributed by atoms with Gasteiger partial charge in [0.25, 0.3) is 0 Å². The lowest BCUT2D eigenvalue weighted by Gasteiger charge is -2.22. The van der Waals surface area contributed by atoms with Crippen molar-refractivity contribution in [2.75, 3.05) is 17.1 Å². The van der Waals surface area contributed by atoms with Crippen LogP contribution < -0.4 is 14.8 Å². The van der Waals surface area contributed by atoms with Gasteiger partial charge in [0, 0.05) is 16.8 Å². The number of ether oxygens (including phenoxy) is 1. The molecule has 0 spiro atoms. The zero-order valence-electron chi connectivity index (χ0n) is 18.5. The van der Waals surface area contributed by atoms with Crippen LogP contribution in [0.25, 0.3) is 10.4 Å². The van der Waals surface area contributed by atoms with Crippen molar-refractivity contribution in [1.82, 2.24) is 4.98 Å². The highest BCUT2D eigenvalue weighted by Crippen LogP contribution is 2.37. The summed E-state index contributed by atoms with van der Waals surface area (Å²) in [5.74, 6) is 0.570. The maximum absolute atomic E-state index is 13.2. The number of hydrogen-bond acceptors (Lipinski definition) is 5. The Kier molecular flexibility index (Phi) is 7.38. The Morgan fingerprint density at radius 2 is 1.91 bits per heavy atom. The fourth-order valence-corrected chi connectivity index (χ4v) is 6.17. The number of nitrogens with one attached hydrogen (secondary N) is 2. The summed E-state index contributed by atoms with van der Waals surface area (Å²) in [6, 6.07) is 11.8. The zero-order valence-corrected chi connectivity index (χ0v) is 20.9. The Hall–Kier alpha value is -2.09. The molecule has 1 aromatic heterocycles. The van der Waals surface area contributed by atoms with Gasteiger partial charge in [-0.15, -0.1) is 0 Å². The molecule has 2 N–H and O–H groups in total. The first kappa shape index (κ1) is 23.1. The molecule has 0 radical (unpaired) electrons. The average molecular weight is 490 g/mol. The van der Waals surface area contributed by atoms with Crippen molar-refractivity contribution >= 4 is 44.7 Å². The van der Waals surface area contributed by atoms with Crippen LogP contribution in [0, 0.1) is 13.8 Å². The minimum atomic E-state index is -1.52. The second-order valence-corrected chi connectivity index (χ2v) is 10.7. The van der Waals surface area contributed by atoms with Gasteiger partial charge in [-0.1, -0.05) is 48.3 Å². The monoisotopic (exact) mass is 489 g/mol. The van der Waals surface area contributed by atoms with Crippen molar-refractivity contribution in [2.24, 2.45) is 0 Å². The van der Waals surface area contributed by atoms with Gasteiger partial charge in [-0.3, -0.25) is 0 Å². The summed E-state index contributed by atoms with van der Waals surface area (Å²) in [5, 5.41) is 5.20. The summed E-state index contributed by atoms with van der Waals surface area (Å²) in [6.07, 6.45) is 6.29. The van der Waals surface area contributed by atoms with E-state index >= 15 is 0 Å². The Morgan fingerprint density at radius 3 is 2.62 bits per heavy atom. The standard InChI is InChI=1S/C24H28ClN3O2S2/c1-15-9-11-19(14-20(15)25)28-32(29)22-13-17(10-12-21(22)30-3)23-16(2)26-24(31-23)27-18-7-5-4-6-8-18/h9-14,18,28H,4-8H2,1-3H3,(H,26,27). The lowest BCUT2D eigenvalue weighted by Crippen LogP contribution is -2.21. The van der Waals surface area contributed by atoms with E-state index in [1.807, 2.05) is 44.2 Å². The number of aryl methyl sites for hydroxylation is 2. The number of thiazole rings is 1. The third kappa shape index (κ3) is 5.27. The first-order valence-electron chi connectivity index (χ1n) is 10.8. The molecule has 0 bridgehead atoms. The summed E-state index contributed by atoms with van der Waals surface area (Å²) >= 11 is 7.87. The molecule has 1 heterocycles. The minimum absolute atomic E-state index is 0.506. The minimum Gasteiger partial charge on any atom is -0.495 e. The van der Waals surface area contributed by atoms with Crippen LogP contribution >= 0.6 is 22.9 Å². The predicted molar refractivity (Wildman–Crippen MR) is 136 cm³/mol. The van der Waals surface area contributed by atoms with Crippen LogP contribution in [0.1, 0.15) is 43.4 Å². The molecular formula is C24H28ClN3O2S2. The van der Waals surface area contributed by atoms with Gasteiger partial charge < -0.3 is 14.8 Å². The maximum Gasteiger partial charge on any atom is 0.183 e. The highest BCUT2D eigenvalue weighted by atomic mass is 35.5. The molecule has 1 fully saturated rings. The third-order valence-corrected chi connectivity index (χ3v) is 8.42. The fourth-order valence-electron chi connectivity index (χ4n) is 3.93. The smallest absolute Gasteiger partial charge is 0.183 e. The van der Waals surface area contributed by atoms with Crippen LogP contribution in [0.15, 0.2) is 41.3 Å². The normalized spacial score (nSPS) is 15.4. The third-order valence-electron chi connectivity index (χ3n) is 5.74. The molecule has 32 heavy (non-hydrogen) atoms. The van der Waals surface area contributed by atoms with Crippen molar-refractivity contribution in [3.63, 3.8) is 0 Å². The molecular weight excluding hydrogens is 462 g/mol. The fraction of sp³-hybridized carbons (Fsp3) is 0.375. The van der Waals surface area contributed by atoms with E-state index in [1.165, 1.54) is 32.1 Å². The molecule has 5 nitrogen and oxygen atoms in total.